The number of aliphatic hydroxyl groups is 1. The molecule has 1 aliphatic carbocycles. The van der Waals surface area contributed by atoms with E-state index >= 15 is 0 Å². The third kappa shape index (κ3) is 3.03. The average molecular weight is 335 g/mol. The van der Waals surface area contributed by atoms with Crippen molar-refractivity contribution < 1.29 is 18.3 Å². The van der Waals surface area contributed by atoms with Crippen molar-refractivity contribution in [2.75, 3.05) is 0 Å². The lowest BCUT2D eigenvalue weighted by molar-refractivity contribution is -0.0555. The standard InChI is InChI=1S/C14H20F3N3OS/c1-9-3-2-4-10(5-9)6-12(21)22-13(14(15,16)17)19-11-7-18-8-20(11)22/h7-10,12,21-22H,2-6H2,1H3. The molecule has 0 bridgehead atoms. The minimum absolute atomic E-state index is 0.189. The summed E-state index contributed by atoms with van der Waals surface area (Å²) < 4.78 is 41.0. The molecular formula is C14H20F3N3OS. The highest BCUT2D eigenvalue weighted by Gasteiger charge is 2.46. The van der Waals surface area contributed by atoms with Crippen molar-refractivity contribution in [3.05, 3.63) is 12.5 Å². The molecule has 124 valence electrons. The van der Waals surface area contributed by atoms with Gasteiger partial charge in [0, 0.05) is 0 Å². The van der Waals surface area contributed by atoms with Crippen molar-refractivity contribution in [1.82, 2.24) is 8.96 Å². The number of hydrogen-bond acceptors (Lipinski definition) is 3. The number of hydrogen-bond donors (Lipinski definition) is 2. The smallest absolute Gasteiger partial charge is 0.382 e. The number of thiol groups is 1. The fourth-order valence-electron chi connectivity index (χ4n) is 3.44. The van der Waals surface area contributed by atoms with Crippen molar-refractivity contribution in [1.29, 1.82) is 0 Å². The van der Waals surface area contributed by atoms with Gasteiger partial charge in [0.05, 0.1) is 6.20 Å². The topological polar surface area (TPSA) is 50.4 Å². The first-order chi connectivity index (χ1) is 10.4. The second-order valence-corrected chi connectivity index (χ2v) is 8.37. The number of fused-ring (bicyclic) bond motifs is 1. The molecular weight excluding hydrogens is 315 g/mol. The minimum Gasteiger partial charge on any atom is -0.382 e. The Morgan fingerprint density at radius 3 is 2.91 bits per heavy atom. The molecule has 22 heavy (non-hydrogen) atoms. The van der Waals surface area contributed by atoms with E-state index < -0.39 is 27.7 Å². The lowest BCUT2D eigenvalue weighted by Crippen LogP contribution is -2.29. The molecule has 4 nitrogen and oxygen atoms in total. The Balaban J connectivity index is 1.78. The number of imidazole rings is 1. The van der Waals surface area contributed by atoms with Crippen LogP contribution in [0.15, 0.2) is 17.5 Å². The number of alkyl halides is 3. The molecule has 0 aromatic carbocycles. The first kappa shape index (κ1) is 15.9. The summed E-state index contributed by atoms with van der Waals surface area (Å²) in [4.78, 5) is 7.50. The molecule has 1 N–H and O–H groups in total. The van der Waals surface area contributed by atoms with Crippen molar-refractivity contribution >= 4 is 21.9 Å². The van der Waals surface area contributed by atoms with Crippen LogP contribution in [0, 0.1) is 11.8 Å². The molecule has 1 saturated carbocycles. The first-order valence-corrected chi connectivity index (χ1v) is 8.88. The summed E-state index contributed by atoms with van der Waals surface area (Å²) in [5.74, 6) is 1.07. The van der Waals surface area contributed by atoms with Crippen molar-refractivity contribution in [3.63, 3.8) is 0 Å². The van der Waals surface area contributed by atoms with Crippen LogP contribution in [0.2, 0.25) is 0 Å². The van der Waals surface area contributed by atoms with E-state index in [9.17, 15) is 18.3 Å². The third-order valence-electron chi connectivity index (χ3n) is 4.40. The number of aliphatic hydroxyl groups excluding tert-OH is 1. The highest BCUT2D eigenvalue weighted by molar-refractivity contribution is 8.29. The zero-order valence-corrected chi connectivity index (χ0v) is 13.2. The lowest BCUT2D eigenvalue weighted by Gasteiger charge is -2.32. The molecule has 4 unspecified atom stereocenters. The number of rotatable bonds is 3. The SMILES string of the molecule is CC1CCCC(CC(O)[SH]2C(C(F)(F)F)=Nc3cncn32)C1. The van der Waals surface area contributed by atoms with Gasteiger partial charge in [0.15, 0.2) is 10.9 Å². The van der Waals surface area contributed by atoms with Gasteiger partial charge in [-0.25, -0.2) is 9.98 Å². The largest absolute Gasteiger partial charge is 0.439 e. The van der Waals surface area contributed by atoms with Gasteiger partial charge in [-0.15, -0.1) is 0 Å². The van der Waals surface area contributed by atoms with E-state index in [0.29, 0.717) is 18.3 Å². The highest BCUT2D eigenvalue weighted by Crippen LogP contribution is 2.51. The molecule has 8 heteroatoms. The van der Waals surface area contributed by atoms with Gasteiger partial charge in [0.25, 0.3) is 0 Å². The maximum Gasteiger partial charge on any atom is 0.439 e. The summed E-state index contributed by atoms with van der Waals surface area (Å²) in [6, 6.07) is 0. The maximum absolute atomic E-state index is 13.2. The van der Waals surface area contributed by atoms with Gasteiger partial charge in [-0.1, -0.05) is 37.3 Å². The summed E-state index contributed by atoms with van der Waals surface area (Å²) in [7, 11) is 0. The molecule has 2 heterocycles. The Bertz CT molecular complexity index is 572. The van der Waals surface area contributed by atoms with Crippen LogP contribution in [0.3, 0.4) is 0 Å². The van der Waals surface area contributed by atoms with Gasteiger partial charge in [0.1, 0.15) is 11.8 Å². The van der Waals surface area contributed by atoms with Crippen LogP contribution in [0.5, 0.6) is 0 Å². The van der Waals surface area contributed by atoms with Gasteiger partial charge < -0.3 is 5.11 Å². The lowest BCUT2D eigenvalue weighted by atomic mass is 9.81. The Morgan fingerprint density at radius 2 is 2.23 bits per heavy atom. The predicted octanol–water partition coefficient (Wildman–Crippen LogP) is 3.79. The molecule has 1 aliphatic heterocycles. The predicted molar refractivity (Wildman–Crippen MR) is 81.5 cm³/mol. The van der Waals surface area contributed by atoms with Crippen molar-refractivity contribution in [2.45, 2.75) is 50.6 Å². The molecule has 0 amide bonds. The second kappa shape index (κ2) is 5.88. The minimum atomic E-state index is -4.51. The number of aromatic nitrogens is 2. The molecule has 4 atom stereocenters. The van der Waals surface area contributed by atoms with Crippen molar-refractivity contribution in [3.8, 4) is 0 Å². The van der Waals surface area contributed by atoms with E-state index in [2.05, 4.69) is 16.9 Å². The van der Waals surface area contributed by atoms with Gasteiger partial charge in [-0.2, -0.15) is 13.2 Å². The Kier molecular flexibility index (Phi) is 4.24. The van der Waals surface area contributed by atoms with Gasteiger partial charge in [-0.05, 0) is 24.7 Å². The summed E-state index contributed by atoms with van der Waals surface area (Å²) >= 11 is -1.94. The van der Waals surface area contributed by atoms with Gasteiger partial charge in [0.2, 0.25) is 0 Å². The third-order valence-corrected chi connectivity index (χ3v) is 6.73. The summed E-state index contributed by atoms with van der Waals surface area (Å²) in [6.45, 7) is 2.16. The molecule has 2 aliphatic rings. The van der Waals surface area contributed by atoms with Crippen LogP contribution < -0.4 is 0 Å². The average Bonchev–Trinajstić information content (AvgIpc) is 2.97. The van der Waals surface area contributed by atoms with Crippen LogP contribution in [0.25, 0.3) is 0 Å². The normalized spacial score (nSPS) is 31.7. The first-order valence-electron chi connectivity index (χ1n) is 7.52. The van der Waals surface area contributed by atoms with E-state index in [1.165, 1.54) is 22.9 Å². The van der Waals surface area contributed by atoms with Gasteiger partial charge >= 0.3 is 6.18 Å². The fraction of sp³-hybridized carbons (Fsp3) is 0.714. The van der Waals surface area contributed by atoms with Crippen LogP contribution in [-0.2, 0) is 0 Å². The van der Waals surface area contributed by atoms with Crippen LogP contribution >= 0.6 is 11.1 Å². The summed E-state index contributed by atoms with van der Waals surface area (Å²) in [6.07, 6.45) is 2.78. The van der Waals surface area contributed by atoms with Crippen LogP contribution in [0.1, 0.15) is 39.0 Å². The zero-order chi connectivity index (χ0) is 15.9. The molecule has 3 rings (SSSR count). The van der Waals surface area contributed by atoms with E-state index in [1.807, 2.05) is 0 Å². The molecule has 1 aromatic heterocycles. The molecule has 0 spiro atoms. The van der Waals surface area contributed by atoms with E-state index in [0.717, 1.165) is 19.3 Å². The molecule has 1 aromatic rings. The fourth-order valence-corrected chi connectivity index (χ4v) is 5.66. The quantitative estimate of drug-likeness (QED) is 0.826. The maximum atomic E-state index is 13.2. The summed E-state index contributed by atoms with van der Waals surface area (Å²) in [5, 5.41) is 9.64. The Morgan fingerprint density at radius 1 is 1.45 bits per heavy atom. The van der Waals surface area contributed by atoms with Crippen LogP contribution in [0.4, 0.5) is 19.0 Å². The zero-order valence-electron chi connectivity index (χ0n) is 12.3. The van der Waals surface area contributed by atoms with Gasteiger partial charge in [-0.3, -0.25) is 3.97 Å². The van der Waals surface area contributed by atoms with Crippen LogP contribution in [-0.4, -0.2) is 30.7 Å². The number of aliphatic imine (C=N–C) groups is 1. The summed E-state index contributed by atoms with van der Waals surface area (Å²) in [5.41, 5.74) is -1.03. The van der Waals surface area contributed by atoms with E-state index in [4.69, 9.17) is 0 Å². The Hall–Kier alpha value is -1.02. The Labute approximate surface area is 129 Å². The van der Waals surface area contributed by atoms with E-state index in [1.54, 1.807) is 0 Å². The van der Waals surface area contributed by atoms with E-state index in [-0.39, 0.29) is 5.82 Å². The number of halogens is 3. The molecule has 1 fully saturated rings. The monoisotopic (exact) mass is 335 g/mol. The molecule has 0 radical (unpaired) electrons. The second-order valence-electron chi connectivity index (χ2n) is 6.23. The highest BCUT2D eigenvalue weighted by atomic mass is 32.2. The number of nitrogens with zero attached hydrogens (tertiary/aromatic N) is 3. The van der Waals surface area contributed by atoms with Crippen molar-refractivity contribution in [2.24, 2.45) is 16.8 Å². The molecule has 0 saturated heterocycles.